The van der Waals surface area contributed by atoms with Crippen LogP contribution < -0.4 is 10.3 Å². The number of halogens is 1. The quantitative estimate of drug-likeness (QED) is 0.684. The first-order chi connectivity index (χ1) is 14.0. The predicted molar refractivity (Wildman–Crippen MR) is 106 cm³/mol. The maximum atomic E-state index is 14.4. The fourth-order valence-corrected chi connectivity index (χ4v) is 3.47. The predicted octanol–water partition coefficient (Wildman–Crippen LogP) is 2.64. The lowest BCUT2D eigenvalue weighted by molar-refractivity contribution is -0.133. The number of rotatable bonds is 4. The normalized spacial score (nSPS) is 13.1. The van der Waals surface area contributed by atoms with Crippen LogP contribution in [0.25, 0.3) is 11.3 Å². The van der Waals surface area contributed by atoms with Crippen LogP contribution in [0.4, 0.5) is 4.39 Å². The Labute approximate surface area is 167 Å². The van der Waals surface area contributed by atoms with E-state index in [2.05, 4.69) is 11.2 Å². The molecule has 0 fully saturated rings. The molecule has 29 heavy (non-hydrogen) atoms. The SMILES string of the molecule is COc1ccc(-c2ccc(=O)n(CC(=O)N3CCc4ccccc4C3)n2)c(F)c1. The molecule has 0 bridgehead atoms. The molecule has 1 amide bonds. The lowest BCUT2D eigenvalue weighted by atomic mass is 10.00. The van der Waals surface area contributed by atoms with Gasteiger partial charge in [0.15, 0.2) is 0 Å². The van der Waals surface area contributed by atoms with Crippen molar-refractivity contribution in [3.63, 3.8) is 0 Å². The van der Waals surface area contributed by atoms with Crippen molar-refractivity contribution in [1.29, 1.82) is 0 Å². The Morgan fingerprint density at radius 1 is 1.14 bits per heavy atom. The smallest absolute Gasteiger partial charge is 0.267 e. The molecule has 3 aromatic rings. The number of carbonyl (C=O) groups is 1. The summed E-state index contributed by atoms with van der Waals surface area (Å²) < 4.78 is 20.5. The van der Waals surface area contributed by atoms with Crippen LogP contribution >= 0.6 is 0 Å². The third-order valence-electron chi connectivity index (χ3n) is 5.09. The molecule has 0 spiro atoms. The summed E-state index contributed by atoms with van der Waals surface area (Å²) in [6.45, 7) is 0.917. The third kappa shape index (κ3) is 3.89. The van der Waals surface area contributed by atoms with Gasteiger partial charge >= 0.3 is 0 Å². The van der Waals surface area contributed by atoms with E-state index in [-0.39, 0.29) is 23.7 Å². The van der Waals surface area contributed by atoms with Gasteiger partial charge < -0.3 is 9.64 Å². The van der Waals surface area contributed by atoms with E-state index in [1.165, 1.54) is 36.9 Å². The van der Waals surface area contributed by atoms with E-state index >= 15 is 0 Å². The van der Waals surface area contributed by atoms with Gasteiger partial charge in [0.1, 0.15) is 18.1 Å². The fourth-order valence-electron chi connectivity index (χ4n) is 3.47. The Kier molecular flexibility index (Phi) is 5.12. The lowest BCUT2D eigenvalue weighted by Gasteiger charge is -2.29. The lowest BCUT2D eigenvalue weighted by Crippen LogP contribution is -2.40. The zero-order chi connectivity index (χ0) is 20.4. The van der Waals surface area contributed by atoms with Crippen LogP contribution in [-0.4, -0.2) is 34.2 Å². The van der Waals surface area contributed by atoms with Gasteiger partial charge in [-0.05, 0) is 35.7 Å². The van der Waals surface area contributed by atoms with E-state index in [1.54, 1.807) is 11.0 Å². The topological polar surface area (TPSA) is 64.4 Å². The fraction of sp³-hybridized carbons (Fsp3) is 0.227. The highest BCUT2D eigenvalue weighted by molar-refractivity contribution is 5.76. The van der Waals surface area contributed by atoms with Crippen LogP contribution in [0.15, 0.2) is 59.4 Å². The second kappa shape index (κ2) is 7.87. The Hall–Kier alpha value is -3.48. The van der Waals surface area contributed by atoms with E-state index in [0.717, 1.165) is 16.7 Å². The summed E-state index contributed by atoms with van der Waals surface area (Å²) in [5, 5.41) is 4.21. The number of amides is 1. The maximum Gasteiger partial charge on any atom is 0.267 e. The van der Waals surface area contributed by atoms with E-state index < -0.39 is 11.4 Å². The molecule has 0 aliphatic carbocycles. The van der Waals surface area contributed by atoms with E-state index in [4.69, 9.17) is 4.74 Å². The van der Waals surface area contributed by atoms with Crippen LogP contribution in [0.3, 0.4) is 0 Å². The average Bonchev–Trinajstić information content (AvgIpc) is 2.75. The monoisotopic (exact) mass is 393 g/mol. The van der Waals surface area contributed by atoms with Gasteiger partial charge in [-0.25, -0.2) is 9.07 Å². The summed E-state index contributed by atoms with van der Waals surface area (Å²) in [5.41, 5.74) is 2.46. The molecule has 2 heterocycles. The molecule has 0 atom stereocenters. The number of carbonyl (C=O) groups excluding carboxylic acids is 1. The Balaban J connectivity index is 1.56. The van der Waals surface area contributed by atoms with Crippen LogP contribution in [0, 0.1) is 5.82 Å². The first kappa shape index (κ1) is 18.9. The molecular weight excluding hydrogens is 373 g/mol. The van der Waals surface area contributed by atoms with Gasteiger partial charge in [0.05, 0.1) is 12.8 Å². The van der Waals surface area contributed by atoms with Crippen molar-refractivity contribution in [3.05, 3.63) is 81.9 Å². The number of ether oxygens (including phenoxy) is 1. The molecule has 1 aliphatic heterocycles. The van der Waals surface area contributed by atoms with Crippen molar-refractivity contribution in [3.8, 4) is 17.0 Å². The summed E-state index contributed by atoms with van der Waals surface area (Å²) in [6, 6.07) is 15.2. The highest BCUT2D eigenvalue weighted by Crippen LogP contribution is 2.24. The minimum atomic E-state index is -0.513. The van der Waals surface area contributed by atoms with Crippen LogP contribution in [0.1, 0.15) is 11.1 Å². The number of benzene rings is 2. The number of fused-ring (bicyclic) bond motifs is 1. The molecular formula is C22H20FN3O3. The average molecular weight is 393 g/mol. The number of methoxy groups -OCH3 is 1. The van der Waals surface area contributed by atoms with Crippen molar-refractivity contribution in [2.45, 2.75) is 19.5 Å². The van der Waals surface area contributed by atoms with E-state index in [1.807, 2.05) is 18.2 Å². The van der Waals surface area contributed by atoms with Gasteiger partial charge in [-0.15, -0.1) is 0 Å². The summed E-state index contributed by atoms with van der Waals surface area (Å²) in [7, 11) is 1.46. The van der Waals surface area contributed by atoms with Gasteiger partial charge in [0, 0.05) is 30.8 Å². The first-order valence-corrected chi connectivity index (χ1v) is 9.32. The number of aromatic nitrogens is 2. The van der Waals surface area contributed by atoms with Gasteiger partial charge in [0.2, 0.25) is 5.91 Å². The first-order valence-electron chi connectivity index (χ1n) is 9.32. The number of hydrogen-bond donors (Lipinski definition) is 0. The van der Waals surface area contributed by atoms with Crippen molar-refractivity contribution in [1.82, 2.24) is 14.7 Å². The largest absolute Gasteiger partial charge is 0.497 e. The number of hydrogen-bond acceptors (Lipinski definition) is 4. The molecule has 148 valence electrons. The molecule has 0 saturated heterocycles. The zero-order valence-electron chi connectivity index (χ0n) is 16.0. The second-order valence-electron chi connectivity index (χ2n) is 6.89. The van der Waals surface area contributed by atoms with E-state index in [9.17, 15) is 14.0 Å². The van der Waals surface area contributed by atoms with Crippen molar-refractivity contribution >= 4 is 5.91 Å². The summed E-state index contributed by atoms with van der Waals surface area (Å²) >= 11 is 0. The molecule has 4 rings (SSSR count). The van der Waals surface area contributed by atoms with Crippen LogP contribution in [0.2, 0.25) is 0 Å². The zero-order valence-corrected chi connectivity index (χ0v) is 16.0. The van der Waals surface area contributed by atoms with Crippen LogP contribution in [0.5, 0.6) is 5.75 Å². The van der Waals surface area contributed by atoms with Gasteiger partial charge in [-0.1, -0.05) is 24.3 Å². The Bertz CT molecular complexity index is 1130. The van der Waals surface area contributed by atoms with E-state index in [0.29, 0.717) is 18.8 Å². The maximum absolute atomic E-state index is 14.4. The molecule has 0 radical (unpaired) electrons. The molecule has 1 aromatic heterocycles. The third-order valence-corrected chi connectivity index (χ3v) is 5.09. The van der Waals surface area contributed by atoms with Gasteiger partial charge in [-0.3, -0.25) is 9.59 Å². The van der Waals surface area contributed by atoms with Gasteiger partial charge in [-0.2, -0.15) is 5.10 Å². The molecule has 0 unspecified atom stereocenters. The van der Waals surface area contributed by atoms with Crippen molar-refractivity contribution in [2.24, 2.45) is 0 Å². The Morgan fingerprint density at radius 2 is 1.93 bits per heavy atom. The molecule has 7 heteroatoms. The minimum Gasteiger partial charge on any atom is -0.497 e. The van der Waals surface area contributed by atoms with Crippen molar-refractivity contribution < 1.29 is 13.9 Å². The molecule has 2 aromatic carbocycles. The molecule has 0 saturated carbocycles. The number of nitrogens with zero attached hydrogens (tertiary/aromatic N) is 3. The van der Waals surface area contributed by atoms with Crippen LogP contribution in [-0.2, 0) is 24.3 Å². The second-order valence-corrected chi connectivity index (χ2v) is 6.89. The molecule has 6 nitrogen and oxygen atoms in total. The molecule has 1 aliphatic rings. The van der Waals surface area contributed by atoms with Gasteiger partial charge in [0.25, 0.3) is 5.56 Å². The minimum absolute atomic E-state index is 0.188. The summed E-state index contributed by atoms with van der Waals surface area (Å²) in [6.07, 6.45) is 0.779. The van der Waals surface area contributed by atoms with Crippen molar-refractivity contribution in [2.75, 3.05) is 13.7 Å². The standard InChI is InChI=1S/C22H20FN3O3/c1-29-17-6-7-18(19(23)12-17)20-8-9-21(27)26(24-20)14-22(28)25-11-10-15-4-2-3-5-16(15)13-25/h2-9,12H,10-11,13-14H2,1H3. The highest BCUT2D eigenvalue weighted by atomic mass is 19.1. The highest BCUT2D eigenvalue weighted by Gasteiger charge is 2.21. The summed E-state index contributed by atoms with van der Waals surface area (Å²) in [5.74, 6) is -0.317. The Morgan fingerprint density at radius 3 is 2.69 bits per heavy atom. The molecule has 0 N–H and O–H groups in total. The summed E-state index contributed by atoms with van der Waals surface area (Å²) in [4.78, 5) is 26.7.